The highest BCUT2D eigenvalue weighted by Gasteiger charge is 2.32. The maximum Gasteiger partial charge on any atom is 0.200 e. The average molecular weight is 294 g/mol. The molecule has 112 valence electrons. The molecular weight excluding hydrogens is 279 g/mol. The van der Waals surface area contributed by atoms with Gasteiger partial charge in [0.15, 0.2) is 23.3 Å². The van der Waals surface area contributed by atoms with Crippen molar-refractivity contribution in [2.45, 2.75) is 31.7 Å². The smallest absolute Gasteiger partial charge is 0.200 e. The molecule has 0 unspecified atom stereocenters. The molecule has 0 atom stereocenters. The van der Waals surface area contributed by atoms with Gasteiger partial charge in [-0.2, -0.15) is 0 Å². The molecule has 0 radical (unpaired) electrons. The van der Waals surface area contributed by atoms with Crippen molar-refractivity contribution in [1.29, 1.82) is 0 Å². The zero-order valence-electron chi connectivity index (χ0n) is 10.7. The van der Waals surface area contributed by atoms with Crippen LogP contribution in [0.2, 0.25) is 0 Å². The molecule has 7 heteroatoms. The van der Waals surface area contributed by atoms with E-state index < -0.39 is 34.8 Å². The lowest BCUT2D eigenvalue weighted by Crippen LogP contribution is -2.39. The maximum absolute atomic E-state index is 13.8. The first-order chi connectivity index (χ1) is 9.49. The molecular formula is C13H15F5N2. The van der Waals surface area contributed by atoms with Gasteiger partial charge in [-0.05, 0) is 12.8 Å². The van der Waals surface area contributed by atoms with E-state index in [9.17, 15) is 22.0 Å². The van der Waals surface area contributed by atoms with Crippen LogP contribution in [0.4, 0.5) is 27.6 Å². The Morgan fingerprint density at radius 2 is 1.30 bits per heavy atom. The summed E-state index contributed by atoms with van der Waals surface area (Å²) >= 11 is 0. The predicted molar refractivity (Wildman–Crippen MR) is 64.9 cm³/mol. The van der Waals surface area contributed by atoms with Crippen molar-refractivity contribution >= 4 is 5.69 Å². The molecule has 1 fully saturated rings. The van der Waals surface area contributed by atoms with E-state index in [0.29, 0.717) is 12.8 Å². The fraction of sp³-hybridized carbons (Fsp3) is 0.538. The summed E-state index contributed by atoms with van der Waals surface area (Å²) in [6.45, 7) is 0.110. The monoisotopic (exact) mass is 294 g/mol. The van der Waals surface area contributed by atoms with Crippen LogP contribution in [0.15, 0.2) is 0 Å². The Morgan fingerprint density at radius 3 is 1.75 bits per heavy atom. The minimum Gasteiger partial charge on any atom is -0.362 e. The predicted octanol–water partition coefficient (Wildman–Crippen LogP) is 3.09. The van der Waals surface area contributed by atoms with E-state index in [2.05, 4.69) is 0 Å². The van der Waals surface area contributed by atoms with Crippen molar-refractivity contribution in [2.24, 2.45) is 5.73 Å². The first kappa shape index (κ1) is 15.0. The third-order valence-electron chi connectivity index (χ3n) is 3.61. The SMILES string of the molecule is NCCN(c1c(F)c(F)c(F)c(F)c1F)C1CCCC1. The van der Waals surface area contributed by atoms with Gasteiger partial charge in [-0.25, -0.2) is 22.0 Å². The van der Waals surface area contributed by atoms with Gasteiger partial charge in [0.2, 0.25) is 5.82 Å². The van der Waals surface area contributed by atoms with Gasteiger partial charge in [-0.15, -0.1) is 0 Å². The van der Waals surface area contributed by atoms with Gasteiger partial charge in [0.25, 0.3) is 0 Å². The summed E-state index contributed by atoms with van der Waals surface area (Å²) in [6, 6.07) is -0.244. The molecule has 0 aliphatic heterocycles. The number of benzene rings is 1. The lowest BCUT2D eigenvalue weighted by atomic mass is 10.1. The van der Waals surface area contributed by atoms with Gasteiger partial charge < -0.3 is 10.6 Å². The summed E-state index contributed by atoms with van der Waals surface area (Å²) in [5, 5.41) is 0. The molecule has 0 aromatic heterocycles. The normalized spacial score (nSPS) is 15.9. The number of rotatable bonds is 4. The van der Waals surface area contributed by atoms with Gasteiger partial charge in [0.05, 0.1) is 0 Å². The Kier molecular flexibility index (Phi) is 4.47. The van der Waals surface area contributed by atoms with Gasteiger partial charge >= 0.3 is 0 Å². The summed E-state index contributed by atoms with van der Waals surface area (Å²) in [4.78, 5) is 1.21. The van der Waals surface area contributed by atoms with E-state index in [1.54, 1.807) is 0 Å². The first-order valence-electron chi connectivity index (χ1n) is 6.47. The second-order valence-corrected chi connectivity index (χ2v) is 4.84. The molecule has 0 saturated heterocycles. The Bertz CT molecular complexity index is 471. The van der Waals surface area contributed by atoms with Crippen LogP contribution in [0.3, 0.4) is 0 Å². The molecule has 20 heavy (non-hydrogen) atoms. The van der Waals surface area contributed by atoms with Gasteiger partial charge in [0, 0.05) is 19.1 Å². The van der Waals surface area contributed by atoms with Crippen molar-refractivity contribution in [3.05, 3.63) is 29.1 Å². The quantitative estimate of drug-likeness (QED) is 0.525. The van der Waals surface area contributed by atoms with Gasteiger partial charge in [-0.1, -0.05) is 12.8 Å². The summed E-state index contributed by atoms with van der Waals surface area (Å²) in [5.74, 6) is -9.55. The topological polar surface area (TPSA) is 29.3 Å². The second kappa shape index (κ2) is 5.95. The molecule has 2 N–H and O–H groups in total. The van der Waals surface area contributed by atoms with Crippen LogP contribution >= 0.6 is 0 Å². The number of nitrogens with two attached hydrogens (primary N) is 1. The molecule has 0 heterocycles. The Balaban J connectivity index is 2.52. The number of halogens is 5. The Morgan fingerprint density at radius 1 is 0.850 bits per heavy atom. The van der Waals surface area contributed by atoms with Crippen LogP contribution in [-0.2, 0) is 0 Å². The van der Waals surface area contributed by atoms with Crippen LogP contribution < -0.4 is 10.6 Å². The molecule has 1 aliphatic rings. The highest BCUT2D eigenvalue weighted by Crippen LogP contribution is 2.34. The van der Waals surface area contributed by atoms with Crippen LogP contribution in [0.5, 0.6) is 0 Å². The molecule has 0 bridgehead atoms. The third-order valence-corrected chi connectivity index (χ3v) is 3.61. The molecule has 1 aliphatic carbocycles. The number of hydrogen-bond donors (Lipinski definition) is 1. The van der Waals surface area contributed by atoms with Gasteiger partial charge in [-0.3, -0.25) is 0 Å². The maximum atomic E-state index is 13.8. The van der Waals surface area contributed by atoms with Crippen molar-refractivity contribution in [2.75, 3.05) is 18.0 Å². The van der Waals surface area contributed by atoms with E-state index >= 15 is 0 Å². The fourth-order valence-corrected chi connectivity index (χ4v) is 2.68. The standard InChI is InChI=1S/C13H15F5N2/c14-8-9(15)11(17)13(12(18)10(8)16)20(6-5-19)7-3-1-2-4-7/h7H,1-6,19H2. The van der Waals surface area contributed by atoms with Crippen molar-refractivity contribution in [3.63, 3.8) is 0 Å². The third kappa shape index (κ3) is 2.46. The minimum atomic E-state index is -2.14. The first-order valence-corrected chi connectivity index (χ1v) is 6.47. The number of nitrogens with zero attached hydrogens (tertiary/aromatic N) is 1. The minimum absolute atomic E-state index is 0.0447. The van der Waals surface area contributed by atoms with Crippen molar-refractivity contribution in [3.8, 4) is 0 Å². The summed E-state index contributed by atoms with van der Waals surface area (Å²) in [7, 11) is 0. The van der Waals surface area contributed by atoms with E-state index in [4.69, 9.17) is 5.73 Å². The zero-order valence-corrected chi connectivity index (χ0v) is 10.7. The Labute approximate surface area is 113 Å². The summed E-state index contributed by atoms with van der Waals surface area (Å²) in [5.41, 5.74) is 4.53. The zero-order chi connectivity index (χ0) is 14.9. The molecule has 1 aromatic rings. The van der Waals surface area contributed by atoms with E-state index in [1.807, 2.05) is 0 Å². The summed E-state index contributed by atoms with van der Waals surface area (Å²) < 4.78 is 67.2. The fourth-order valence-electron chi connectivity index (χ4n) is 2.68. The number of hydrogen-bond acceptors (Lipinski definition) is 2. The highest BCUT2D eigenvalue weighted by atomic mass is 19.2. The van der Waals surface area contributed by atoms with E-state index in [0.717, 1.165) is 12.8 Å². The van der Waals surface area contributed by atoms with E-state index in [1.165, 1.54) is 4.90 Å². The molecule has 0 spiro atoms. The van der Waals surface area contributed by atoms with Crippen LogP contribution in [0.25, 0.3) is 0 Å². The average Bonchev–Trinajstić information content (AvgIpc) is 2.96. The van der Waals surface area contributed by atoms with Crippen molar-refractivity contribution < 1.29 is 22.0 Å². The molecule has 1 aromatic carbocycles. The molecule has 1 saturated carbocycles. The van der Waals surface area contributed by atoms with Crippen LogP contribution in [-0.4, -0.2) is 19.1 Å². The van der Waals surface area contributed by atoms with Crippen LogP contribution in [0, 0.1) is 29.1 Å². The molecule has 0 amide bonds. The van der Waals surface area contributed by atoms with Crippen molar-refractivity contribution in [1.82, 2.24) is 0 Å². The van der Waals surface area contributed by atoms with Crippen LogP contribution in [0.1, 0.15) is 25.7 Å². The summed E-state index contributed by atoms with van der Waals surface area (Å²) in [6.07, 6.45) is 3.03. The lowest BCUT2D eigenvalue weighted by molar-refractivity contribution is 0.375. The largest absolute Gasteiger partial charge is 0.362 e. The van der Waals surface area contributed by atoms with E-state index in [-0.39, 0.29) is 19.1 Å². The number of anilines is 1. The second-order valence-electron chi connectivity index (χ2n) is 4.84. The lowest BCUT2D eigenvalue weighted by Gasteiger charge is -2.31. The molecule has 2 rings (SSSR count). The molecule has 2 nitrogen and oxygen atoms in total. The Hall–Kier alpha value is -1.37. The highest BCUT2D eigenvalue weighted by molar-refractivity contribution is 5.51. The van der Waals surface area contributed by atoms with Gasteiger partial charge in [0.1, 0.15) is 5.69 Å².